The van der Waals surface area contributed by atoms with Gasteiger partial charge in [0.1, 0.15) is 11.3 Å². The molecule has 0 radical (unpaired) electrons. The molecule has 108 valence electrons. The third kappa shape index (κ3) is 3.19. The standard InChI is InChI=1S/C16H12Br2ClNO/c1-20-16(10-4-11(17)8-12(18)5-10)15-7-9-6-13(19)2-3-14(9)21-15/h2-8,16,20H,1H3. The molecule has 1 atom stereocenters. The highest BCUT2D eigenvalue weighted by Crippen LogP contribution is 2.32. The Labute approximate surface area is 144 Å². The van der Waals surface area contributed by atoms with Gasteiger partial charge in [0, 0.05) is 19.4 Å². The topological polar surface area (TPSA) is 25.2 Å². The Bertz CT molecular complexity index is 780. The van der Waals surface area contributed by atoms with Crippen molar-refractivity contribution in [1.82, 2.24) is 5.32 Å². The second kappa shape index (κ2) is 6.13. The van der Waals surface area contributed by atoms with Gasteiger partial charge in [-0.1, -0.05) is 43.5 Å². The third-order valence-electron chi connectivity index (χ3n) is 3.29. The zero-order chi connectivity index (χ0) is 15.0. The van der Waals surface area contributed by atoms with E-state index < -0.39 is 0 Å². The molecule has 1 N–H and O–H groups in total. The maximum absolute atomic E-state index is 6.03. The number of hydrogen-bond donors (Lipinski definition) is 1. The van der Waals surface area contributed by atoms with E-state index in [1.165, 1.54) is 0 Å². The van der Waals surface area contributed by atoms with Crippen LogP contribution in [0.25, 0.3) is 11.0 Å². The van der Waals surface area contributed by atoms with Crippen molar-refractivity contribution in [2.45, 2.75) is 6.04 Å². The van der Waals surface area contributed by atoms with Gasteiger partial charge in [0.25, 0.3) is 0 Å². The van der Waals surface area contributed by atoms with Crippen molar-refractivity contribution in [3.8, 4) is 0 Å². The third-order valence-corrected chi connectivity index (χ3v) is 4.44. The molecule has 0 amide bonds. The van der Waals surface area contributed by atoms with E-state index in [4.69, 9.17) is 16.0 Å². The minimum atomic E-state index is -0.0232. The molecule has 2 nitrogen and oxygen atoms in total. The summed E-state index contributed by atoms with van der Waals surface area (Å²) in [6.07, 6.45) is 0. The Hall–Kier alpha value is -0.810. The predicted molar refractivity (Wildman–Crippen MR) is 94.0 cm³/mol. The van der Waals surface area contributed by atoms with Crippen LogP contribution in [0.5, 0.6) is 0 Å². The molecule has 3 rings (SSSR count). The van der Waals surface area contributed by atoms with Crippen molar-refractivity contribution in [1.29, 1.82) is 0 Å². The Morgan fingerprint density at radius 3 is 2.43 bits per heavy atom. The fraction of sp³-hybridized carbons (Fsp3) is 0.125. The number of nitrogens with one attached hydrogen (secondary N) is 1. The van der Waals surface area contributed by atoms with Crippen molar-refractivity contribution in [3.63, 3.8) is 0 Å². The van der Waals surface area contributed by atoms with Gasteiger partial charge in [0.2, 0.25) is 0 Å². The molecule has 0 saturated heterocycles. The molecule has 0 fully saturated rings. The van der Waals surface area contributed by atoms with Gasteiger partial charge in [0.05, 0.1) is 6.04 Å². The molecular weight excluding hydrogens is 417 g/mol. The van der Waals surface area contributed by atoms with Crippen LogP contribution in [0.3, 0.4) is 0 Å². The van der Waals surface area contributed by atoms with Gasteiger partial charge in [-0.25, -0.2) is 0 Å². The van der Waals surface area contributed by atoms with E-state index in [2.05, 4.69) is 49.3 Å². The van der Waals surface area contributed by atoms with E-state index in [1.54, 1.807) is 0 Å². The van der Waals surface area contributed by atoms with Crippen LogP contribution in [-0.4, -0.2) is 7.05 Å². The van der Waals surface area contributed by atoms with Crippen LogP contribution in [0.1, 0.15) is 17.4 Å². The average Bonchev–Trinajstić information content (AvgIpc) is 2.81. The summed E-state index contributed by atoms with van der Waals surface area (Å²) in [5.41, 5.74) is 1.95. The van der Waals surface area contributed by atoms with E-state index in [9.17, 15) is 0 Å². The van der Waals surface area contributed by atoms with Crippen LogP contribution in [-0.2, 0) is 0 Å². The molecule has 2 aromatic carbocycles. The first-order chi connectivity index (χ1) is 10.1. The van der Waals surface area contributed by atoms with Gasteiger partial charge in [-0.05, 0) is 55.1 Å². The Morgan fingerprint density at radius 1 is 1.05 bits per heavy atom. The van der Waals surface area contributed by atoms with Crippen molar-refractivity contribution < 1.29 is 4.42 Å². The van der Waals surface area contributed by atoms with Crippen LogP contribution in [0.2, 0.25) is 5.02 Å². The highest BCUT2D eigenvalue weighted by Gasteiger charge is 2.18. The molecule has 0 aliphatic rings. The van der Waals surface area contributed by atoms with Crippen LogP contribution in [0.15, 0.2) is 55.8 Å². The highest BCUT2D eigenvalue weighted by atomic mass is 79.9. The predicted octanol–water partition coefficient (Wildman–Crippen LogP) is 5.92. The van der Waals surface area contributed by atoms with Crippen LogP contribution >= 0.6 is 43.5 Å². The lowest BCUT2D eigenvalue weighted by atomic mass is 10.0. The fourth-order valence-electron chi connectivity index (χ4n) is 2.39. The average molecular weight is 430 g/mol. The molecule has 0 aliphatic heterocycles. The minimum Gasteiger partial charge on any atom is -0.459 e. The summed E-state index contributed by atoms with van der Waals surface area (Å²) in [5, 5.41) is 5.01. The van der Waals surface area contributed by atoms with Crippen LogP contribution in [0.4, 0.5) is 0 Å². The van der Waals surface area contributed by atoms with E-state index in [0.717, 1.165) is 31.2 Å². The zero-order valence-electron chi connectivity index (χ0n) is 11.2. The van der Waals surface area contributed by atoms with E-state index in [1.807, 2.05) is 37.4 Å². The van der Waals surface area contributed by atoms with E-state index in [-0.39, 0.29) is 6.04 Å². The molecule has 1 heterocycles. The summed E-state index contributed by atoms with van der Waals surface area (Å²) in [5.74, 6) is 0.861. The van der Waals surface area contributed by atoms with Crippen molar-refractivity contribution in [3.05, 3.63) is 67.8 Å². The zero-order valence-corrected chi connectivity index (χ0v) is 15.1. The second-order valence-electron chi connectivity index (χ2n) is 4.76. The molecule has 3 aromatic rings. The molecule has 21 heavy (non-hydrogen) atoms. The lowest BCUT2D eigenvalue weighted by molar-refractivity contribution is 0.491. The number of rotatable bonds is 3. The van der Waals surface area contributed by atoms with Gasteiger partial charge in [-0.3, -0.25) is 0 Å². The van der Waals surface area contributed by atoms with Crippen LogP contribution < -0.4 is 5.32 Å². The number of furan rings is 1. The van der Waals surface area contributed by atoms with E-state index in [0.29, 0.717) is 5.02 Å². The van der Waals surface area contributed by atoms with E-state index >= 15 is 0 Å². The molecule has 1 aromatic heterocycles. The number of benzene rings is 2. The van der Waals surface area contributed by atoms with Crippen molar-refractivity contribution in [2.75, 3.05) is 7.05 Å². The summed E-state index contributed by atoms with van der Waals surface area (Å²) in [6, 6.07) is 13.8. The van der Waals surface area contributed by atoms with Gasteiger partial charge < -0.3 is 9.73 Å². The maximum Gasteiger partial charge on any atom is 0.134 e. The molecule has 0 saturated carbocycles. The highest BCUT2D eigenvalue weighted by molar-refractivity contribution is 9.11. The molecule has 1 unspecified atom stereocenters. The molecule has 0 spiro atoms. The second-order valence-corrected chi connectivity index (χ2v) is 7.02. The molecular formula is C16H12Br2ClNO. The lowest BCUT2D eigenvalue weighted by Gasteiger charge is -2.15. The number of hydrogen-bond acceptors (Lipinski definition) is 2. The van der Waals surface area contributed by atoms with Gasteiger partial charge in [-0.15, -0.1) is 0 Å². The molecule has 0 bridgehead atoms. The van der Waals surface area contributed by atoms with Crippen molar-refractivity contribution >= 4 is 54.4 Å². The quantitative estimate of drug-likeness (QED) is 0.559. The minimum absolute atomic E-state index is 0.0232. The summed E-state index contributed by atoms with van der Waals surface area (Å²) in [6.45, 7) is 0. The first-order valence-corrected chi connectivity index (χ1v) is 8.35. The summed E-state index contributed by atoms with van der Waals surface area (Å²) >= 11 is 13.1. The molecule has 5 heteroatoms. The first kappa shape index (κ1) is 15.1. The van der Waals surface area contributed by atoms with Crippen molar-refractivity contribution in [2.24, 2.45) is 0 Å². The smallest absolute Gasteiger partial charge is 0.134 e. The Morgan fingerprint density at radius 2 is 1.76 bits per heavy atom. The molecule has 0 aliphatic carbocycles. The normalized spacial score (nSPS) is 12.8. The maximum atomic E-state index is 6.03. The fourth-order valence-corrected chi connectivity index (χ4v) is 3.90. The van der Waals surface area contributed by atoms with Crippen LogP contribution in [0, 0.1) is 0 Å². The summed E-state index contributed by atoms with van der Waals surface area (Å²) in [7, 11) is 1.92. The summed E-state index contributed by atoms with van der Waals surface area (Å²) in [4.78, 5) is 0. The number of fused-ring (bicyclic) bond motifs is 1. The monoisotopic (exact) mass is 427 g/mol. The van der Waals surface area contributed by atoms with Gasteiger partial charge >= 0.3 is 0 Å². The Kier molecular flexibility index (Phi) is 4.41. The lowest BCUT2D eigenvalue weighted by Crippen LogP contribution is -2.17. The first-order valence-electron chi connectivity index (χ1n) is 6.39. The van der Waals surface area contributed by atoms with Gasteiger partial charge in [0.15, 0.2) is 0 Å². The summed E-state index contributed by atoms with van der Waals surface area (Å²) < 4.78 is 8.00. The SMILES string of the molecule is CNC(c1cc(Br)cc(Br)c1)c1cc2cc(Cl)ccc2o1. The number of halogens is 3. The van der Waals surface area contributed by atoms with Gasteiger partial charge in [-0.2, -0.15) is 0 Å². The largest absolute Gasteiger partial charge is 0.459 e. The Balaban J connectivity index is 2.08.